The normalized spacial score (nSPS) is 16.2. The molecule has 0 bridgehead atoms. The standard InChI is InChI=1S/C11H18F4O6S/c1-7(10(3,12)13)21-9(16)5-4-6-20-8(2)11(14,15)22(17,18)19/h7-8H,4-6H2,1-3H3,(H,17,18,19). The fourth-order valence-corrected chi connectivity index (χ4v) is 1.63. The molecule has 0 aliphatic heterocycles. The second kappa shape index (κ2) is 7.55. The predicted octanol–water partition coefficient (Wildman–Crippen LogP) is 2.24. The van der Waals surface area contributed by atoms with Gasteiger partial charge in [0.15, 0.2) is 6.10 Å². The Morgan fingerprint density at radius 1 is 1.18 bits per heavy atom. The molecule has 0 spiro atoms. The van der Waals surface area contributed by atoms with Gasteiger partial charge in [-0.2, -0.15) is 17.2 Å². The average Bonchev–Trinajstić information content (AvgIpc) is 2.31. The van der Waals surface area contributed by atoms with Crippen LogP contribution in [-0.4, -0.2) is 48.9 Å². The molecule has 0 aromatic heterocycles. The van der Waals surface area contributed by atoms with Gasteiger partial charge in [0.2, 0.25) is 0 Å². The lowest BCUT2D eigenvalue weighted by Gasteiger charge is -2.21. The number of carbonyl (C=O) groups is 1. The third-order valence-corrected chi connectivity index (χ3v) is 3.75. The maximum absolute atomic E-state index is 13.1. The van der Waals surface area contributed by atoms with Crippen molar-refractivity contribution in [2.75, 3.05) is 6.61 Å². The molecule has 0 saturated heterocycles. The molecule has 0 radical (unpaired) electrons. The highest BCUT2D eigenvalue weighted by Crippen LogP contribution is 2.27. The minimum Gasteiger partial charge on any atom is -0.456 e. The molecule has 0 rings (SSSR count). The zero-order valence-electron chi connectivity index (χ0n) is 12.2. The summed E-state index contributed by atoms with van der Waals surface area (Å²) in [5.74, 6) is -4.18. The van der Waals surface area contributed by atoms with Crippen molar-refractivity contribution in [2.45, 2.75) is 57.0 Å². The predicted molar refractivity (Wildman–Crippen MR) is 67.3 cm³/mol. The van der Waals surface area contributed by atoms with Gasteiger partial charge in [0.05, 0.1) is 0 Å². The second-order valence-electron chi connectivity index (χ2n) is 4.74. The van der Waals surface area contributed by atoms with Crippen LogP contribution in [0.2, 0.25) is 0 Å². The van der Waals surface area contributed by atoms with Crippen molar-refractivity contribution in [1.29, 1.82) is 0 Å². The molecular weight excluding hydrogens is 336 g/mol. The molecule has 2 atom stereocenters. The summed E-state index contributed by atoms with van der Waals surface area (Å²) in [6.07, 6.45) is -4.29. The van der Waals surface area contributed by atoms with Crippen molar-refractivity contribution in [2.24, 2.45) is 0 Å². The number of hydrogen-bond donors (Lipinski definition) is 1. The van der Waals surface area contributed by atoms with E-state index in [0.29, 0.717) is 6.92 Å². The van der Waals surface area contributed by atoms with Gasteiger partial charge in [-0.25, -0.2) is 8.78 Å². The fourth-order valence-electron chi connectivity index (χ4n) is 1.14. The zero-order chi connectivity index (χ0) is 17.8. The van der Waals surface area contributed by atoms with E-state index in [1.165, 1.54) is 0 Å². The highest BCUT2D eigenvalue weighted by atomic mass is 32.2. The van der Waals surface area contributed by atoms with Gasteiger partial charge >= 0.3 is 21.3 Å². The summed E-state index contributed by atoms with van der Waals surface area (Å²) in [6, 6.07) is 0. The van der Waals surface area contributed by atoms with Gasteiger partial charge in [0, 0.05) is 20.0 Å². The molecule has 0 aromatic carbocycles. The first-order valence-corrected chi connectivity index (χ1v) is 7.67. The van der Waals surface area contributed by atoms with Gasteiger partial charge in [-0.05, 0) is 20.3 Å². The van der Waals surface area contributed by atoms with Crippen LogP contribution in [0.3, 0.4) is 0 Å². The molecular formula is C11H18F4O6S. The van der Waals surface area contributed by atoms with E-state index in [9.17, 15) is 30.8 Å². The topological polar surface area (TPSA) is 89.9 Å². The lowest BCUT2D eigenvalue weighted by molar-refractivity contribution is -0.167. The van der Waals surface area contributed by atoms with Crippen molar-refractivity contribution in [1.82, 2.24) is 0 Å². The number of ether oxygens (including phenoxy) is 2. The Morgan fingerprint density at radius 2 is 1.68 bits per heavy atom. The molecule has 0 amide bonds. The Labute approximate surface area is 125 Å². The molecule has 22 heavy (non-hydrogen) atoms. The summed E-state index contributed by atoms with van der Waals surface area (Å²) < 4.78 is 89.8. The number of halogens is 4. The van der Waals surface area contributed by atoms with Crippen LogP contribution < -0.4 is 0 Å². The minimum atomic E-state index is -5.62. The van der Waals surface area contributed by atoms with E-state index in [0.717, 1.165) is 13.8 Å². The lowest BCUT2D eigenvalue weighted by atomic mass is 10.2. The second-order valence-corrected chi connectivity index (χ2v) is 6.24. The average molecular weight is 354 g/mol. The molecule has 11 heteroatoms. The molecule has 2 unspecified atom stereocenters. The molecule has 132 valence electrons. The Morgan fingerprint density at radius 3 is 2.09 bits per heavy atom. The first kappa shape index (κ1) is 21.1. The summed E-state index contributed by atoms with van der Waals surface area (Å²) >= 11 is 0. The van der Waals surface area contributed by atoms with Crippen molar-refractivity contribution in [3.05, 3.63) is 0 Å². The molecule has 1 N–H and O–H groups in total. The van der Waals surface area contributed by atoms with Gasteiger partial charge in [-0.1, -0.05) is 0 Å². The fraction of sp³-hybridized carbons (Fsp3) is 0.909. The van der Waals surface area contributed by atoms with E-state index in [-0.39, 0.29) is 12.8 Å². The van der Waals surface area contributed by atoms with Crippen LogP contribution in [-0.2, 0) is 24.4 Å². The zero-order valence-corrected chi connectivity index (χ0v) is 13.0. The van der Waals surface area contributed by atoms with E-state index in [1.807, 2.05) is 0 Å². The van der Waals surface area contributed by atoms with Gasteiger partial charge in [-0.15, -0.1) is 0 Å². The highest BCUT2D eigenvalue weighted by Gasteiger charge is 2.50. The van der Waals surface area contributed by atoms with Gasteiger partial charge in [0.1, 0.15) is 6.10 Å². The van der Waals surface area contributed by atoms with E-state index >= 15 is 0 Å². The van der Waals surface area contributed by atoms with Gasteiger partial charge in [0.25, 0.3) is 5.92 Å². The number of rotatable bonds is 9. The first-order chi connectivity index (χ1) is 9.69. The van der Waals surface area contributed by atoms with Crippen LogP contribution in [0.4, 0.5) is 17.6 Å². The molecule has 0 fully saturated rings. The molecule has 0 saturated carbocycles. The van der Waals surface area contributed by atoms with Crippen molar-refractivity contribution in [3.8, 4) is 0 Å². The summed E-state index contributed by atoms with van der Waals surface area (Å²) in [5, 5.41) is -4.49. The third kappa shape index (κ3) is 6.44. The minimum absolute atomic E-state index is 0.146. The summed E-state index contributed by atoms with van der Waals surface area (Å²) in [5.41, 5.74) is 0. The Balaban J connectivity index is 4.17. The van der Waals surface area contributed by atoms with E-state index < -0.39 is 46.1 Å². The Kier molecular flexibility index (Phi) is 7.23. The SMILES string of the molecule is CC(OC(=O)CCCOC(C)C(F)(F)S(=O)(=O)O)C(C)(F)F. The van der Waals surface area contributed by atoms with Crippen molar-refractivity contribution in [3.63, 3.8) is 0 Å². The third-order valence-electron chi connectivity index (χ3n) is 2.73. The summed E-state index contributed by atoms with van der Waals surface area (Å²) in [6.45, 7) is 1.86. The van der Waals surface area contributed by atoms with Crippen molar-refractivity contribution >= 4 is 16.1 Å². The van der Waals surface area contributed by atoms with Crippen molar-refractivity contribution < 1.29 is 44.8 Å². The molecule has 6 nitrogen and oxygen atoms in total. The van der Waals surface area contributed by atoms with E-state index in [1.54, 1.807) is 0 Å². The Hall–Kier alpha value is -0.940. The van der Waals surface area contributed by atoms with Gasteiger partial charge < -0.3 is 9.47 Å². The largest absolute Gasteiger partial charge is 0.456 e. The molecule has 0 aliphatic rings. The number of carbonyl (C=O) groups excluding carboxylic acids is 1. The van der Waals surface area contributed by atoms with Crippen LogP contribution >= 0.6 is 0 Å². The van der Waals surface area contributed by atoms with Crippen LogP contribution in [0.1, 0.15) is 33.6 Å². The number of hydrogen-bond acceptors (Lipinski definition) is 5. The molecule has 0 heterocycles. The number of alkyl halides is 4. The first-order valence-electron chi connectivity index (χ1n) is 6.23. The van der Waals surface area contributed by atoms with Crippen LogP contribution in [0.15, 0.2) is 0 Å². The van der Waals surface area contributed by atoms with E-state index in [2.05, 4.69) is 9.47 Å². The smallest absolute Gasteiger partial charge is 0.394 e. The lowest BCUT2D eigenvalue weighted by Crippen LogP contribution is -2.41. The maximum atomic E-state index is 13.1. The van der Waals surface area contributed by atoms with Gasteiger partial charge in [-0.3, -0.25) is 9.35 Å². The quantitative estimate of drug-likeness (QED) is 0.296. The number of esters is 1. The maximum Gasteiger partial charge on any atom is 0.394 e. The monoisotopic (exact) mass is 354 g/mol. The van der Waals surface area contributed by atoms with Crippen LogP contribution in [0, 0.1) is 0 Å². The van der Waals surface area contributed by atoms with E-state index in [4.69, 9.17) is 4.55 Å². The summed E-state index contributed by atoms with van der Waals surface area (Å²) in [7, 11) is -5.62. The van der Waals surface area contributed by atoms with Crippen LogP contribution in [0.25, 0.3) is 0 Å². The van der Waals surface area contributed by atoms with Crippen LogP contribution in [0.5, 0.6) is 0 Å². The highest BCUT2D eigenvalue weighted by molar-refractivity contribution is 7.86. The molecule has 0 aromatic rings. The summed E-state index contributed by atoms with van der Waals surface area (Å²) in [4.78, 5) is 11.2. The molecule has 0 aliphatic carbocycles. The Bertz CT molecular complexity index is 473.